The molecule has 6 heteroatoms. The number of rotatable bonds is 7. The number of unbranched alkanes of at least 4 members (excludes halogenated alkanes) is 1. The summed E-state index contributed by atoms with van der Waals surface area (Å²) in [5.41, 5.74) is 4.93. The first-order chi connectivity index (χ1) is 6.57. The fraction of sp³-hybridized carbons (Fsp3) is 0.750. The Morgan fingerprint density at radius 1 is 1.36 bits per heavy atom. The van der Waals surface area contributed by atoms with Gasteiger partial charge in [0.2, 0.25) is 11.8 Å². The quantitative estimate of drug-likeness (QED) is 0.371. The fourth-order valence-corrected chi connectivity index (χ4v) is 1.34. The smallest absolute Gasteiger partial charge is 0.233 e. The standard InChI is InChI=1S/C8H16N2O2S2/c9-7(11)5-6(14)8(12)10-3-1-2-4-13/h6,13-14H,1-5H2,(H2,9,11)(H,10,12). The number of primary amides is 1. The van der Waals surface area contributed by atoms with E-state index >= 15 is 0 Å². The molecule has 0 heterocycles. The highest BCUT2D eigenvalue weighted by Crippen LogP contribution is 2.00. The Bertz CT molecular complexity index is 200. The lowest BCUT2D eigenvalue weighted by atomic mass is 10.2. The lowest BCUT2D eigenvalue weighted by Gasteiger charge is -2.09. The minimum absolute atomic E-state index is 0.0263. The number of nitrogens with one attached hydrogen (secondary N) is 1. The van der Waals surface area contributed by atoms with Crippen molar-refractivity contribution in [3.63, 3.8) is 0 Å². The van der Waals surface area contributed by atoms with E-state index in [2.05, 4.69) is 30.6 Å². The van der Waals surface area contributed by atoms with Gasteiger partial charge < -0.3 is 11.1 Å². The maximum Gasteiger partial charge on any atom is 0.233 e. The molecule has 14 heavy (non-hydrogen) atoms. The van der Waals surface area contributed by atoms with Gasteiger partial charge in [0.15, 0.2) is 0 Å². The van der Waals surface area contributed by atoms with Crippen molar-refractivity contribution in [2.24, 2.45) is 5.73 Å². The SMILES string of the molecule is NC(=O)CC(S)C(=O)NCCCCS. The first-order valence-electron chi connectivity index (χ1n) is 4.43. The highest BCUT2D eigenvalue weighted by molar-refractivity contribution is 7.81. The van der Waals surface area contributed by atoms with Crippen LogP contribution in [0, 0.1) is 0 Å². The van der Waals surface area contributed by atoms with Crippen molar-refractivity contribution in [1.29, 1.82) is 0 Å². The van der Waals surface area contributed by atoms with E-state index in [1.54, 1.807) is 0 Å². The van der Waals surface area contributed by atoms with Crippen LogP contribution in [0.25, 0.3) is 0 Å². The average molecular weight is 236 g/mol. The van der Waals surface area contributed by atoms with Gasteiger partial charge in [-0.1, -0.05) is 0 Å². The second-order valence-corrected chi connectivity index (χ2v) is 3.98. The van der Waals surface area contributed by atoms with Crippen LogP contribution < -0.4 is 11.1 Å². The van der Waals surface area contributed by atoms with Gasteiger partial charge in [0.25, 0.3) is 0 Å². The molecule has 4 nitrogen and oxygen atoms in total. The fourth-order valence-electron chi connectivity index (χ4n) is 0.849. The number of hydrogen-bond acceptors (Lipinski definition) is 4. The summed E-state index contributed by atoms with van der Waals surface area (Å²) in [4.78, 5) is 21.7. The Hall–Kier alpha value is -0.360. The summed E-state index contributed by atoms with van der Waals surface area (Å²) in [5.74, 6) is 0.0448. The minimum Gasteiger partial charge on any atom is -0.370 e. The molecule has 0 aliphatic rings. The van der Waals surface area contributed by atoms with Crippen LogP contribution in [0.2, 0.25) is 0 Å². The molecule has 3 N–H and O–H groups in total. The molecule has 82 valence electrons. The van der Waals surface area contributed by atoms with Crippen LogP contribution in [0.5, 0.6) is 0 Å². The number of amides is 2. The maximum absolute atomic E-state index is 11.2. The molecule has 0 radical (unpaired) electrons. The summed E-state index contributed by atoms with van der Waals surface area (Å²) in [5, 5.41) is 2.03. The minimum atomic E-state index is -0.636. The molecule has 0 aromatic carbocycles. The van der Waals surface area contributed by atoms with Crippen molar-refractivity contribution in [1.82, 2.24) is 5.32 Å². The largest absolute Gasteiger partial charge is 0.370 e. The first-order valence-corrected chi connectivity index (χ1v) is 5.57. The van der Waals surface area contributed by atoms with E-state index in [0.717, 1.165) is 18.6 Å². The van der Waals surface area contributed by atoms with E-state index in [1.807, 2.05) is 0 Å². The normalized spacial score (nSPS) is 12.1. The van der Waals surface area contributed by atoms with Crippen molar-refractivity contribution in [2.75, 3.05) is 12.3 Å². The lowest BCUT2D eigenvalue weighted by molar-refractivity contribution is -0.124. The first kappa shape index (κ1) is 13.6. The van der Waals surface area contributed by atoms with Gasteiger partial charge in [0.1, 0.15) is 0 Å². The molecule has 1 unspecified atom stereocenters. The molecule has 0 bridgehead atoms. The van der Waals surface area contributed by atoms with Gasteiger partial charge in [0.05, 0.1) is 5.25 Å². The Balaban J connectivity index is 3.57. The molecule has 1 atom stereocenters. The molecular weight excluding hydrogens is 220 g/mol. The molecule has 2 amide bonds. The van der Waals surface area contributed by atoms with Crippen LogP contribution in [0.1, 0.15) is 19.3 Å². The third kappa shape index (κ3) is 7.08. The van der Waals surface area contributed by atoms with Crippen LogP contribution in [0.15, 0.2) is 0 Å². The van der Waals surface area contributed by atoms with Gasteiger partial charge in [-0.3, -0.25) is 9.59 Å². The monoisotopic (exact) mass is 236 g/mol. The van der Waals surface area contributed by atoms with Gasteiger partial charge >= 0.3 is 0 Å². The Morgan fingerprint density at radius 2 is 2.00 bits per heavy atom. The molecule has 0 rings (SSSR count). The van der Waals surface area contributed by atoms with Gasteiger partial charge in [-0.15, -0.1) is 0 Å². The zero-order valence-electron chi connectivity index (χ0n) is 7.90. The number of nitrogens with two attached hydrogens (primary N) is 1. The van der Waals surface area contributed by atoms with Crippen LogP contribution in [0.4, 0.5) is 0 Å². The summed E-state index contributed by atoms with van der Waals surface area (Å²) in [7, 11) is 0. The van der Waals surface area contributed by atoms with Gasteiger partial charge in [-0.25, -0.2) is 0 Å². The van der Waals surface area contributed by atoms with E-state index in [0.29, 0.717) is 6.54 Å². The summed E-state index contributed by atoms with van der Waals surface area (Å²) >= 11 is 8.00. The molecule has 0 aromatic heterocycles. The van der Waals surface area contributed by atoms with E-state index in [1.165, 1.54) is 0 Å². The second kappa shape index (κ2) is 7.99. The van der Waals surface area contributed by atoms with Crippen molar-refractivity contribution in [3.8, 4) is 0 Å². The predicted octanol–water partition coefficient (Wildman–Crippen LogP) is -0.0136. The van der Waals surface area contributed by atoms with Gasteiger partial charge in [-0.2, -0.15) is 25.3 Å². The average Bonchev–Trinajstić information content (AvgIpc) is 2.11. The van der Waals surface area contributed by atoms with E-state index in [9.17, 15) is 9.59 Å². The molecule has 0 aromatic rings. The highest BCUT2D eigenvalue weighted by Gasteiger charge is 2.15. The van der Waals surface area contributed by atoms with Crippen molar-refractivity contribution in [3.05, 3.63) is 0 Å². The van der Waals surface area contributed by atoms with Crippen LogP contribution >= 0.6 is 25.3 Å². The number of hydrogen-bond donors (Lipinski definition) is 4. The number of carbonyl (C=O) groups is 2. The summed E-state index contributed by atoms with van der Waals surface area (Å²) in [6, 6.07) is 0. The van der Waals surface area contributed by atoms with E-state index < -0.39 is 11.2 Å². The van der Waals surface area contributed by atoms with Gasteiger partial charge in [-0.05, 0) is 18.6 Å². The molecular formula is C8H16N2O2S2. The molecule has 0 spiro atoms. The van der Waals surface area contributed by atoms with Crippen molar-refractivity contribution < 1.29 is 9.59 Å². The topological polar surface area (TPSA) is 72.2 Å². The third-order valence-electron chi connectivity index (χ3n) is 1.58. The summed E-state index contributed by atoms with van der Waals surface area (Å²) < 4.78 is 0. The Kier molecular flexibility index (Phi) is 7.78. The van der Waals surface area contributed by atoms with Crippen molar-refractivity contribution in [2.45, 2.75) is 24.5 Å². The lowest BCUT2D eigenvalue weighted by Crippen LogP contribution is -2.34. The molecule has 0 saturated heterocycles. The summed E-state index contributed by atoms with van der Waals surface area (Å²) in [6.45, 7) is 0.592. The summed E-state index contributed by atoms with van der Waals surface area (Å²) in [6.07, 6.45) is 1.81. The molecule has 0 saturated carbocycles. The third-order valence-corrected chi connectivity index (χ3v) is 2.31. The van der Waals surface area contributed by atoms with Gasteiger partial charge in [0, 0.05) is 13.0 Å². The van der Waals surface area contributed by atoms with Crippen LogP contribution in [0.3, 0.4) is 0 Å². The highest BCUT2D eigenvalue weighted by atomic mass is 32.1. The Labute approximate surface area is 94.8 Å². The van der Waals surface area contributed by atoms with E-state index in [-0.39, 0.29) is 12.3 Å². The Morgan fingerprint density at radius 3 is 2.50 bits per heavy atom. The zero-order valence-corrected chi connectivity index (χ0v) is 9.69. The van der Waals surface area contributed by atoms with Crippen LogP contribution in [-0.4, -0.2) is 29.4 Å². The molecule has 0 aliphatic heterocycles. The van der Waals surface area contributed by atoms with E-state index in [4.69, 9.17) is 5.73 Å². The molecule has 0 fully saturated rings. The maximum atomic E-state index is 11.2. The second-order valence-electron chi connectivity index (χ2n) is 2.91. The van der Waals surface area contributed by atoms with Crippen LogP contribution in [-0.2, 0) is 9.59 Å². The number of thiol groups is 2. The zero-order chi connectivity index (χ0) is 11.0. The molecule has 0 aliphatic carbocycles. The predicted molar refractivity (Wildman–Crippen MR) is 62.7 cm³/mol. The number of carbonyl (C=O) groups excluding carboxylic acids is 2. The van der Waals surface area contributed by atoms with Crippen molar-refractivity contribution >= 4 is 37.1 Å².